The Kier molecular flexibility index (Phi) is 4.27. The lowest BCUT2D eigenvalue weighted by molar-refractivity contribution is -0.140. The van der Waals surface area contributed by atoms with E-state index in [0.717, 1.165) is 0 Å². The van der Waals surface area contributed by atoms with E-state index in [0.29, 0.717) is 38.2 Å². The number of aryl methyl sites for hydroxylation is 1. The molecule has 7 nitrogen and oxygen atoms in total. The largest absolute Gasteiger partial charge is 0.487 e. The number of carbonyl (C=O) groups is 1. The van der Waals surface area contributed by atoms with Crippen LogP contribution in [-0.4, -0.2) is 50.2 Å². The fourth-order valence-corrected chi connectivity index (χ4v) is 2.26. The van der Waals surface area contributed by atoms with E-state index in [9.17, 15) is 9.18 Å². The molecule has 0 N–H and O–H groups in total. The van der Waals surface area contributed by atoms with Crippen LogP contribution in [0.1, 0.15) is 12.8 Å². The Morgan fingerprint density at radius 3 is 2.77 bits per heavy atom. The van der Waals surface area contributed by atoms with Crippen molar-refractivity contribution < 1.29 is 13.9 Å². The molecule has 1 amide bonds. The van der Waals surface area contributed by atoms with Crippen LogP contribution in [0, 0.1) is 5.82 Å². The number of nitrogens with zero attached hydrogens (tertiary/aromatic N) is 5. The van der Waals surface area contributed by atoms with Crippen LogP contribution in [0.4, 0.5) is 4.39 Å². The molecule has 0 unspecified atom stereocenters. The van der Waals surface area contributed by atoms with E-state index in [1.54, 1.807) is 21.7 Å². The topological polar surface area (TPSA) is 73.1 Å². The first-order valence-corrected chi connectivity index (χ1v) is 7.11. The molecule has 8 heteroatoms. The number of aromatic nitrogens is 4. The number of rotatable bonds is 6. The summed E-state index contributed by atoms with van der Waals surface area (Å²) in [6.07, 6.45) is 2.67. The zero-order valence-electron chi connectivity index (χ0n) is 11.9. The van der Waals surface area contributed by atoms with Gasteiger partial charge in [-0.1, -0.05) is 0 Å². The molecule has 116 valence electrons. The van der Waals surface area contributed by atoms with E-state index in [4.69, 9.17) is 4.74 Å². The Labute approximate surface area is 126 Å². The summed E-state index contributed by atoms with van der Waals surface area (Å²) in [5.41, 5.74) is 0. The second-order valence-corrected chi connectivity index (χ2v) is 5.17. The average molecular weight is 305 g/mol. The van der Waals surface area contributed by atoms with Crippen molar-refractivity contribution in [3.8, 4) is 5.75 Å². The van der Waals surface area contributed by atoms with Crippen LogP contribution < -0.4 is 4.74 Å². The average Bonchev–Trinajstić information content (AvgIpc) is 2.97. The van der Waals surface area contributed by atoms with Gasteiger partial charge in [-0.15, -0.1) is 5.10 Å². The maximum absolute atomic E-state index is 12.8. The standard InChI is InChI=1S/C14H16FN5O2/c15-11-3-5-12(6-4-11)22-13-8-19(9-13)14(21)2-1-7-20-10-16-17-18-20/h3-6,10,13H,1-2,7-9H2. The van der Waals surface area contributed by atoms with Gasteiger partial charge >= 0.3 is 0 Å². The fourth-order valence-electron chi connectivity index (χ4n) is 2.26. The summed E-state index contributed by atoms with van der Waals surface area (Å²) in [7, 11) is 0. The smallest absolute Gasteiger partial charge is 0.222 e. The van der Waals surface area contributed by atoms with Crippen LogP contribution in [0.3, 0.4) is 0 Å². The fraction of sp³-hybridized carbons (Fsp3) is 0.429. The SMILES string of the molecule is O=C(CCCn1cnnn1)N1CC(Oc2ccc(F)cc2)C1. The first-order chi connectivity index (χ1) is 10.7. The maximum Gasteiger partial charge on any atom is 0.222 e. The van der Waals surface area contributed by atoms with Crippen molar-refractivity contribution in [1.82, 2.24) is 25.1 Å². The molecule has 1 aromatic carbocycles. The molecule has 1 aliphatic rings. The summed E-state index contributed by atoms with van der Waals surface area (Å²) in [4.78, 5) is 13.7. The van der Waals surface area contributed by atoms with Crippen LogP contribution in [0.5, 0.6) is 5.75 Å². The number of hydrogen-bond acceptors (Lipinski definition) is 5. The minimum Gasteiger partial charge on any atom is -0.487 e. The number of carbonyl (C=O) groups excluding carboxylic acids is 1. The van der Waals surface area contributed by atoms with Gasteiger partial charge in [-0.2, -0.15) is 0 Å². The van der Waals surface area contributed by atoms with Crippen LogP contribution in [-0.2, 0) is 11.3 Å². The van der Waals surface area contributed by atoms with Crippen molar-refractivity contribution in [2.24, 2.45) is 0 Å². The summed E-state index contributed by atoms with van der Waals surface area (Å²) < 4.78 is 20.0. The lowest BCUT2D eigenvalue weighted by Crippen LogP contribution is -2.56. The zero-order chi connectivity index (χ0) is 15.4. The molecule has 1 fully saturated rings. The van der Waals surface area contributed by atoms with Gasteiger partial charge in [0.15, 0.2) is 0 Å². The highest BCUT2D eigenvalue weighted by Crippen LogP contribution is 2.19. The first kappa shape index (κ1) is 14.4. The molecule has 1 saturated heterocycles. The van der Waals surface area contributed by atoms with Crippen LogP contribution in [0.25, 0.3) is 0 Å². The van der Waals surface area contributed by atoms with Crippen molar-refractivity contribution in [2.75, 3.05) is 13.1 Å². The van der Waals surface area contributed by atoms with E-state index in [1.165, 1.54) is 18.5 Å². The second kappa shape index (κ2) is 6.50. The second-order valence-electron chi connectivity index (χ2n) is 5.17. The molecular formula is C14H16FN5O2. The highest BCUT2D eigenvalue weighted by atomic mass is 19.1. The Morgan fingerprint density at radius 1 is 1.32 bits per heavy atom. The molecule has 0 atom stereocenters. The highest BCUT2D eigenvalue weighted by molar-refractivity contribution is 5.77. The predicted molar refractivity (Wildman–Crippen MR) is 74.4 cm³/mol. The summed E-state index contributed by atoms with van der Waals surface area (Å²) >= 11 is 0. The molecular weight excluding hydrogens is 289 g/mol. The van der Waals surface area contributed by atoms with E-state index >= 15 is 0 Å². The van der Waals surface area contributed by atoms with Gasteiger partial charge in [0.05, 0.1) is 13.1 Å². The molecule has 2 heterocycles. The van der Waals surface area contributed by atoms with Gasteiger partial charge in [-0.05, 0) is 41.1 Å². The third kappa shape index (κ3) is 3.57. The van der Waals surface area contributed by atoms with Gasteiger partial charge in [0.2, 0.25) is 5.91 Å². The normalized spacial score (nSPS) is 14.7. The van der Waals surface area contributed by atoms with Gasteiger partial charge < -0.3 is 9.64 Å². The van der Waals surface area contributed by atoms with Crippen LogP contribution >= 0.6 is 0 Å². The number of likely N-dealkylation sites (tertiary alicyclic amines) is 1. The third-order valence-electron chi connectivity index (χ3n) is 3.49. The van der Waals surface area contributed by atoms with Crippen molar-refractivity contribution >= 4 is 5.91 Å². The number of tetrazole rings is 1. The van der Waals surface area contributed by atoms with Gasteiger partial charge in [0.25, 0.3) is 0 Å². The number of benzene rings is 1. The molecule has 1 aliphatic heterocycles. The molecule has 0 spiro atoms. The minimum absolute atomic E-state index is 0.0195. The van der Waals surface area contributed by atoms with Crippen LogP contribution in [0.15, 0.2) is 30.6 Å². The summed E-state index contributed by atoms with van der Waals surface area (Å²) in [6, 6.07) is 5.89. The first-order valence-electron chi connectivity index (χ1n) is 7.11. The lowest BCUT2D eigenvalue weighted by atomic mass is 10.1. The number of halogens is 1. The quantitative estimate of drug-likeness (QED) is 0.792. The van der Waals surface area contributed by atoms with Crippen molar-refractivity contribution in [3.63, 3.8) is 0 Å². The summed E-state index contributed by atoms with van der Waals surface area (Å²) in [5, 5.41) is 10.8. The highest BCUT2D eigenvalue weighted by Gasteiger charge is 2.31. The molecule has 22 heavy (non-hydrogen) atoms. The van der Waals surface area contributed by atoms with Crippen LogP contribution in [0.2, 0.25) is 0 Å². The lowest BCUT2D eigenvalue weighted by Gasteiger charge is -2.39. The van der Waals surface area contributed by atoms with Gasteiger partial charge in [-0.25, -0.2) is 9.07 Å². The van der Waals surface area contributed by atoms with E-state index in [2.05, 4.69) is 15.5 Å². The van der Waals surface area contributed by atoms with Gasteiger partial charge in [0, 0.05) is 13.0 Å². The molecule has 0 radical (unpaired) electrons. The molecule has 2 aromatic rings. The Hall–Kier alpha value is -2.51. The maximum atomic E-state index is 12.8. The van der Waals surface area contributed by atoms with Crippen molar-refractivity contribution in [3.05, 3.63) is 36.4 Å². The molecule has 0 aliphatic carbocycles. The third-order valence-corrected chi connectivity index (χ3v) is 3.49. The van der Waals surface area contributed by atoms with E-state index < -0.39 is 0 Å². The van der Waals surface area contributed by atoms with Crippen molar-refractivity contribution in [2.45, 2.75) is 25.5 Å². The Balaban J connectivity index is 1.35. The number of hydrogen-bond donors (Lipinski definition) is 0. The van der Waals surface area contributed by atoms with Gasteiger partial charge in [0.1, 0.15) is 24.0 Å². The molecule has 3 rings (SSSR count). The predicted octanol–water partition coefficient (Wildman–Crippen LogP) is 0.882. The summed E-state index contributed by atoms with van der Waals surface area (Å²) in [5.74, 6) is 0.435. The van der Waals surface area contributed by atoms with E-state index in [1.807, 2.05) is 0 Å². The monoisotopic (exact) mass is 305 g/mol. The molecule has 0 saturated carbocycles. The van der Waals surface area contributed by atoms with Gasteiger partial charge in [-0.3, -0.25) is 4.79 Å². The number of amides is 1. The Morgan fingerprint density at radius 2 is 2.09 bits per heavy atom. The van der Waals surface area contributed by atoms with E-state index in [-0.39, 0.29) is 17.8 Å². The minimum atomic E-state index is -0.291. The molecule has 1 aromatic heterocycles. The summed E-state index contributed by atoms with van der Waals surface area (Å²) in [6.45, 7) is 1.77. The zero-order valence-corrected chi connectivity index (χ0v) is 11.9. The van der Waals surface area contributed by atoms with Crippen molar-refractivity contribution in [1.29, 1.82) is 0 Å². The molecule has 0 bridgehead atoms. The number of ether oxygens (including phenoxy) is 1. The Bertz CT molecular complexity index is 611.